The van der Waals surface area contributed by atoms with Gasteiger partial charge in [0.2, 0.25) is 0 Å². The molecule has 0 heterocycles. The van der Waals surface area contributed by atoms with Gasteiger partial charge in [0.05, 0.1) is 6.61 Å². The Kier molecular flexibility index (Phi) is 12.5. The number of alkyl halides is 17. The van der Waals surface area contributed by atoms with Gasteiger partial charge in [0.15, 0.2) is 0 Å². The van der Waals surface area contributed by atoms with Gasteiger partial charge in [0, 0.05) is 12.6 Å². The Hall–Kier alpha value is -2.07. The van der Waals surface area contributed by atoms with Gasteiger partial charge in [-0.15, -0.1) is 0 Å². The molecule has 0 aromatic carbocycles. The predicted octanol–water partition coefficient (Wildman–Crippen LogP) is 6.41. The van der Waals surface area contributed by atoms with Crippen molar-refractivity contribution >= 4 is 16.0 Å². The number of nitrogens with one attached hydrogen (secondary N) is 1. The summed E-state index contributed by atoms with van der Waals surface area (Å²) in [5.74, 6) is -51.8. The summed E-state index contributed by atoms with van der Waals surface area (Å²) in [5, 5.41) is -7.50. The number of ether oxygens (including phenoxy) is 1. The maximum atomic E-state index is 13.6. The molecule has 0 aliphatic rings. The van der Waals surface area contributed by atoms with Crippen molar-refractivity contribution in [2.24, 2.45) is 0 Å². The standard InChI is InChI=1S/C12H10F17NO2S.C5H8O2/c1-2-3-4-30-33(31,32)12(28,29)10(23,24)8(19,20)6(15,16)5(13,14)7(17,18)9(21,22)11(25,26)27;1-3-5(6)7-4-2/h30H,2-4H2,1H3;3H,1,4H2,2H3. The van der Waals surface area contributed by atoms with Crippen molar-refractivity contribution in [3.05, 3.63) is 12.7 Å². The number of unbranched alkanes of at least 4 members (excludes halogenated alkanes) is 1. The molecule has 0 bridgehead atoms. The summed E-state index contributed by atoms with van der Waals surface area (Å²) < 4.78 is 249. The van der Waals surface area contributed by atoms with Gasteiger partial charge in [-0.3, -0.25) is 0 Å². The number of hydrogen-bond acceptors (Lipinski definition) is 4. The lowest BCUT2D eigenvalue weighted by Crippen LogP contribution is -2.75. The van der Waals surface area contributed by atoms with Gasteiger partial charge < -0.3 is 4.74 Å². The number of esters is 1. The highest BCUT2D eigenvalue weighted by Gasteiger charge is 2.96. The lowest BCUT2D eigenvalue weighted by Gasteiger charge is -2.42. The van der Waals surface area contributed by atoms with E-state index in [-0.39, 0.29) is 12.4 Å². The maximum absolute atomic E-state index is 13.6. The van der Waals surface area contributed by atoms with Gasteiger partial charge in [-0.1, -0.05) is 19.9 Å². The molecule has 0 rings (SSSR count). The summed E-state index contributed by atoms with van der Waals surface area (Å²) in [4.78, 5) is 10.1. The van der Waals surface area contributed by atoms with Crippen molar-refractivity contribution in [1.82, 2.24) is 4.72 Å². The lowest BCUT2D eigenvalue weighted by atomic mass is 9.91. The molecule has 1 N–H and O–H groups in total. The lowest BCUT2D eigenvalue weighted by molar-refractivity contribution is -0.458. The molecule has 240 valence electrons. The second kappa shape index (κ2) is 12.4. The van der Waals surface area contributed by atoms with Crippen molar-refractivity contribution in [1.29, 1.82) is 0 Å². The van der Waals surface area contributed by atoms with Crippen LogP contribution in [0.15, 0.2) is 12.7 Å². The number of rotatable bonds is 13. The summed E-state index contributed by atoms with van der Waals surface area (Å²) >= 11 is 0. The molecular weight excluding hydrogens is 637 g/mol. The maximum Gasteiger partial charge on any atom is 0.460 e. The van der Waals surface area contributed by atoms with Crippen LogP contribution in [-0.4, -0.2) is 74.5 Å². The molecule has 0 fully saturated rings. The molecule has 23 heteroatoms. The van der Waals surface area contributed by atoms with Crippen LogP contribution in [0.25, 0.3) is 0 Å². The van der Waals surface area contributed by atoms with Gasteiger partial charge in [0.25, 0.3) is 10.0 Å². The minimum Gasteiger partial charge on any atom is -0.463 e. The highest BCUT2D eigenvalue weighted by Crippen LogP contribution is 2.64. The Balaban J connectivity index is 0. The minimum absolute atomic E-state index is 0.0760. The molecule has 5 nitrogen and oxygen atoms in total. The quantitative estimate of drug-likeness (QED) is 0.108. The third-order valence-electron chi connectivity index (χ3n) is 4.31. The summed E-state index contributed by atoms with van der Waals surface area (Å²) in [6, 6.07) is 0. The van der Waals surface area contributed by atoms with Gasteiger partial charge in [-0.25, -0.2) is 17.9 Å². The van der Waals surface area contributed by atoms with Crippen LogP contribution in [0, 0.1) is 0 Å². The zero-order valence-electron chi connectivity index (χ0n) is 19.6. The number of hydrogen-bond donors (Lipinski definition) is 1. The molecule has 0 spiro atoms. The van der Waals surface area contributed by atoms with E-state index in [9.17, 15) is 87.8 Å². The molecule has 0 aromatic rings. The summed E-state index contributed by atoms with van der Waals surface area (Å²) in [5.41, 5.74) is 0. The van der Waals surface area contributed by atoms with E-state index in [1.54, 1.807) is 6.92 Å². The van der Waals surface area contributed by atoms with E-state index in [1.807, 2.05) is 0 Å². The first-order chi connectivity index (χ1) is 17.4. The van der Waals surface area contributed by atoms with E-state index in [1.165, 1.54) is 6.92 Å². The Morgan fingerprint density at radius 1 is 0.700 bits per heavy atom. The summed E-state index contributed by atoms with van der Waals surface area (Å²) in [6.45, 7) is 5.37. The zero-order valence-corrected chi connectivity index (χ0v) is 20.4. The van der Waals surface area contributed by atoms with Crippen molar-refractivity contribution < 1.29 is 92.6 Å². The molecule has 0 saturated carbocycles. The molecule has 0 amide bonds. The monoisotopic (exact) mass is 655 g/mol. The Morgan fingerprint density at radius 3 is 1.32 bits per heavy atom. The first kappa shape index (κ1) is 40.1. The van der Waals surface area contributed by atoms with Crippen molar-refractivity contribution in [2.75, 3.05) is 13.2 Å². The fourth-order valence-electron chi connectivity index (χ4n) is 1.99. The number of sulfonamides is 1. The van der Waals surface area contributed by atoms with Crippen molar-refractivity contribution in [2.45, 2.75) is 73.7 Å². The summed E-state index contributed by atoms with van der Waals surface area (Å²) in [6.07, 6.45) is -7.26. The normalized spacial score (nSPS) is 14.8. The third-order valence-corrected chi connectivity index (χ3v) is 5.82. The third kappa shape index (κ3) is 6.69. The first-order valence-corrected chi connectivity index (χ1v) is 11.3. The summed E-state index contributed by atoms with van der Waals surface area (Å²) in [7, 11) is -7.17. The smallest absolute Gasteiger partial charge is 0.460 e. The molecule has 0 aliphatic heterocycles. The van der Waals surface area contributed by atoms with Crippen molar-refractivity contribution in [3.8, 4) is 0 Å². The average Bonchev–Trinajstić information content (AvgIpc) is 2.77. The molecular formula is C17H18F17NO4S. The van der Waals surface area contributed by atoms with Crippen LogP contribution in [0.1, 0.15) is 26.7 Å². The topological polar surface area (TPSA) is 72.5 Å². The molecule has 0 aromatic heterocycles. The van der Waals surface area contributed by atoms with E-state index in [0.29, 0.717) is 11.3 Å². The van der Waals surface area contributed by atoms with Crippen LogP contribution in [-0.2, 0) is 19.6 Å². The highest BCUT2D eigenvalue weighted by molar-refractivity contribution is 7.90. The second-order valence-electron chi connectivity index (χ2n) is 7.17. The molecule has 0 unspecified atom stereocenters. The van der Waals surface area contributed by atoms with Gasteiger partial charge in [0.1, 0.15) is 0 Å². The molecule has 0 radical (unpaired) electrons. The second-order valence-corrected chi connectivity index (χ2v) is 8.98. The molecule has 0 saturated heterocycles. The van der Waals surface area contributed by atoms with Gasteiger partial charge >= 0.3 is 52.9 Å². The molecule has 40 heavy (non-hydrogen) atoms. The van der Waals surface area contributed by atoms with Crippen LogP contribution in [0.5, 0.6) is 0 Å². The van der Waals surface area contributed by atoms with Crippen LogP contribution in [0.2, 0.25) is 0 Å². The average molecular weight is 655 g/mol. The van der Waals surface area contributed by atoms with Gasteiger partial charge in [-0.2, -0.15) is 74.6 Å². The fraction of sp³-hybridized carbons (Fsp3) is 0.824. The van der Waals surface area contributed by atoms with E-state index in [0.717, 1.165) is 6.08 Å². The first-order valence-electron chi connectivity index (χ1n) is 9.87. The molecule has 0 aliphatic carbocycles. The highest BCUT2D eigenvalue weighted by atomic mass is 32.2. The van der Waals surface area contributed by atoms with Crippen LogP contribution >= 0.6 is 0 Å². The van der Waals surface area contributed by atoms with Gasteiger partial charge in [-0.05, 0) is 13.3 Å². The van der Waals surface area contributed by atoms with Crippen LogP contribution in [0.3, 0.4) is 0 Å². The fourth-order valence-corrected chi connectivity index (χ4v) is 3.05. The van der Waals surface area contributed by atoms with E-state index in [4.69, 9.17) is 0 Å². The Labute approximate surface area is 213 Å². The number of carbonyl (C=O) groups is 1. The zero-order chi connectivity index (χ0) is 33.0. The van der Waals surface area contributed by atoms with Crippen molar-refractivity contribution in [3.63, 3.8) is 0 Å². The van der Waals surface area contributed by atoms with E-state index in [2.05, 4.69) is 11.3 Å². The number of carbonyl (C=O) groups excluding carboxylic acids is 1. The van der Waals surface area contributed by atoms with E-state index < -0.39 is 70.0 Å². The van der Waals surface area contributed by atoms with Crippen LogP contribution in [0.4, 0.5) is 74.6 Å². The number of halogens is 17. The van der Waals surface area contributed by atoms with Crippen LogP contribution < -0.4 is 4.72 Å². The molecule has 0 atom stereocenters. The largest absolute Gasteiger partial charge is 0.463 e. The predicted molar refractivity (Wildman–Crippen MR) is 99.3 cm³/mol. The SMILES string of the molecule is C=CC(=O)OCC.CCCCNS(=O)(=O)C(F)(F)C(F)(F)C(F)(F)C(F)(F)C(F)(F)C(F)(F)C(F)(F)C(F)(F)F. The Bertz CT molecular complexity index is 977. The minimum atomic E-state index is -8.82. The van der Waals surface area contributed by atoms with E-state index >= 15 is 0 Å². The Morgan fingerprint density at radius 2 is 1.05 bits per heavy atom.